The van der Waals surface area contributed by atoms with Crippen LogP contribution in [0, 0.1) is 5.92 Å². The Hall–Kier alpha value is -1.25. The Morgan fingerprint density at radius 3 is 2.57 bits per heavy atom. The molecule has 0 saturated carbocycles. The zero-order chi connectivity index (χ0) is 16.3. The van der Waals surface area contributed by atoms with Crippen molar-refractivity contribution in [3.8, 4) is 0 Å². The molecule has 2 fully saturated rings. The lowest BCUT2D eigenvalue weighted by Crippen LogP contribution is -2.30. The van der Waals surface area contributed by atoms with Crippen molar-refractivity contribution in [2.45, 2.75) is 25.8 Å². The number of rotatable bonds is 6. The van der Waals surface area contributed by atoms with Crippen molar-refractivity contribution < 1.29 is 8.42 Å². The van der Waals surface area contributed by atoms with Gasteiger partial charge in [0.15, 0.2) is 0 Å². The first-order valence-corrected chi connectivity index (χ1v) is 10.1. The molecule has 0 spiro atoms. The topological polar surface area (TPSA) is 78.4 Å². The van der Waals surface area contributed by atoms with Gasteiger partial charge in [-0.25, -0.2) is 23.1 Å². The van der Waals surface area contributed by atoms with Gasteiger partial charge in [0, 0.05) is 50.7 Å². The predicted molar refractivity (Wildman–Crippen MR) is 89.7 cm³/mol. The number of aromatic nitrogens is 2. The number of hydrogen-bond donors (Lipinski definition) is 1. The van der Waals surface area contributed by atoms with E-state index in [9.17, 15) is 8.42 Å². The van der Waals surface area contributed by atoms with Gasteiger partial charge in [0.25, 0.3) is 0 Å². The molecule has 0 unspecified atom stereocenters. The fourth-order valence-electron chi connectivity index (χ4n) is 3.26. The van der Waals surface area contributed by atoms with Crippen molar-refractivity contribution in [1.29, 1.82) is 0 Å². The van der Waals surface area contributed by atoms with E-state index in [1.165, 1.54) is 19.1 Å². The molecule has 0 amide bonds. The molecule has 1 N–H and O–H groups in total. The second-order valence-corrected chi connectivity index (χ2v) is 8.43. The normalized spacial score (nSPS) is 22.8. The molecule has 2 aliphatic heterocycles. The number of hydrogen-bond acceptors (Lipinski definition) is 6. The first kappa shape index (κ1) is 16.6. The van der Waals surface area contributed by atoms with E-state index >= 15 is 0 Å². The molecule has 1 aromatic heterocycles. The Bertz CT molecular complexity index is 613. The lowest BCUT2D eigenvalue weighted by atomic mass is 10.1. The van der Waals surface area contributed by atoms with Gasteiger partial charge in [-0.1, -0.05) is 0 Å². The van der Waals surface area contributed by atoms with Gasteiger partial charge in [-0.3, -0.25) is 4.90 Å². The molecule has 3 heterocycles. The molecule has 7 nitrogen and oxygen atoms in total. The molecule has 128 valence electrons. The predicted octanol–water partition coefficient (Wildman–Crippen LogP) is 0.448. The highest BCUT2D eigenvalue weighted by atomic mass is 32.2. The Morgan fingerprint density at radius 1 is 1.22 bits per heavy atom. The fraction of sp³-hybridized carbons (Fsp3) is 0.733. The zero-order valence-electron chi connectivity index (χ0n) is 13.6. The van der Waals surface area contributed by atoms with E-state index < -0.39 is 10.0 Å². The molecular weight excluding hydrogens is 314 g/mol. The van der Waals surface area contributed by atoms with E-state index in [1.807, 2.05) is 12.4 Å². The van der Waals surface area contributed by atoms with Gasteiger partial charge in [0.1, 0.15) is 0 Å². The summed E-state index contributed by atoms with van der Waals surface area (Å²) < 4.78 is 24.9. The van der Waals surface area contributed by atoms with Crippen LogP contribution in [0.25, 0.3) is 0 Å². The monoisotopic (exact) mass is 339 g/mol. The van der Waals surface area contributed by atoms with E-state index in [4.69, 9.17) is 0 Å². The summed E-state index contributed by atoms with van der Waals surface area (Å²) in [5, 5.41) is 0. The Kier molecular flexibility index (Phi) is 5.13. The lowest BCUT2D eigenvalue weighted by molar-refractivity contribution is 0.316. The lowest BCUT2D eigenvalue weighted by Gasteiger charge is -2.17. The van der Waals surface area contributed by atoms with Crippen molar-refractivity contribution in [3.63, 3.8) is 0 Å². The zero-order valence-corrected chi connectivity index (χ0v) is 14.4. The third kappa shape index (κ3) is 4.86. The highest BCUT2D eigenvalue weighted by Gasteiger charge is 2.23. The molecule has 0 aliphatic carbocycles. The van der Waals surface area contributed by atoms with E-state index in [-0.39, 0.29) is 0 Å². The Labute approximate surface area is 138 Å². The maximum atomic E-state index is 11.2. The van der Waals surface area contributed by atoms with E-state index in [0.29, 0.717) is 12.5 Å². The maximum absolute atomic E-state index is 11.2. The summed E-state index contributed by atoms with van der Waals surface area (Å²) in [6.45, 7) is 5.37. The molecule has 0 aromatic carbocycles. The summed E-state index contributed by atoms with van der Waals surface area (Å²) in [4.78, 5) is 13.5. The van der Waals surface area contributed by atoms with Crippen LogP contribution in [0.15, 0.2) is 12.4 Å². The summed E-state index contributed by atoms with van der Waals surface area (Å²) in [6, 6.07) is 0. The molecular formula is C15H25N5O2S. The minimum Gasteiger partial charge on any atom is -0.341 e. The van der Waals surface area contributed by atoms with Gasteiger partial charge in [-0.2, -0.15) is 0 Å². The van der Waals surface area contributed by atoms with Gasteiger partial charge in [0.05, 0.1) is 6.26 Å². The SMILES string of the molecule is CS(=O)(=O)NC[C@H]1CCN(Cc2cnc(N3CCCC3)nc2)C1. The van der Waals surface area contributed by atoms with E-state index in [1.54, 1.807) is 0 Å². The Balaban J connectivity index is 1.48. The summed E-state index contributed by atoms with van der Waals surface area (Å²) in [7, 11) is -3.09. The van der Waals surface area contributed by atoms with Crippen molar-refractivity contribution in [2.75, 3.05) is 43.9 Å². The number of anilines is 1. The minimum atomic E-state index is -3.09. The van der Waals surface area contributed by atoms with Crippen LogP contribution in [0.1, 0.15) is 24.8 Å². The van der Waals surface area contributed by atoms with Gasteiger partial charge >= 0.3 is 0 Å². The molecule has 3 rings (SSSR count). The molecule has 1 atom stereocenters. The fourth-order valence-corrected chi connectivity index (χ4v) is 3.80. The van der Waals surface area contributed by atoms with Crippen molar-refractivity contribution >= 4 is 16.0 Å². The summed E-state index contributed by atoms with van der Waals surface area (Å²) in [5.74, 6) is 1.22. The number of nitrogens with one attached hydrogen (secondary N) is 1. The second kappa shape index (κ2) is 7.11. The minimum absolute atomic E-state index is 0.384. The summed E-state index contributed by atoms with van der Waals surface area (Å²) in [5.41, 5.74) is 1.12. The van der Waals surface area contributed by atoms with Crippen LogP contribution in [0.3, 0.4) is 0 Å². The van der Waals surface area contributed by atoms with Crippen LogP contribution in [0.5, 0.6) is 0 Å². The van der Waals surface area contributed by atoms with Crippen molar-refractivity contribution in [1.82, 2.24) is 19.6 Å². The van der Waals surface area contributed by atoms with Crippen LogP contribution in [0.4, 0.5) is 5.95 Å². The van der Waals surface area contributed by atoms with Gasteiger partial charge in [-0.15, -0.1) is 0 Å². The molecule has 0 radical (unpaired) electrons. The number of sulfonamides is 1. The summed E-state index contributed by atoms with van der Waals surface area (Å²) >= 11 is 0. The third-order valence-corrected chi connectivity index (χ3v) is 5.18. The van der Waals surface area contributed by atoms with Crippen LogP contribution >= 0.6 is 0 Å². The molecule has 23 heavy (non-hydrogen) atoms. The van der Waals surface area contributed by atoms with Crippen LogP contribution in [0.2, 0.25) is 0 Å². The first-order chi connectivity index (χ1) is 11.0. The van der Waals surface area contributed by atoms with Crippen LogP contribution < -0.4 is 9.62 Å². The van der Waals surface area contributed by atoms with Crippen molar-refractivity contribution in [3.05, 3.63) is 18.0 Å². The smallest absolute Gasteiger partial charge is 0.225 e. The highest BCUT2D eigenvalue weighted by molar-refractivity contribution is 7.88. The highest BCUT2D eigenvalue weighted by Crippen LogP contribution is 2.19. The van der Waals surface area contributed by atoms with E-state index in [0.717, 1.165) is 50.7 Å². The number of nitrogens with zero attached hydrogens (tertiary/aromatic N) is 4. The van der Waals surface area contributed by atoms with Crippen LogP contribution in [-0.2, 0) is 16.6 Å². The van der Waals surface area contributed by atoms with Gasteiger partial charge in [-0.05, 0) is 31.7 Å². The second-order valence-electron chi connectivity index (χ2n) is 6.60. The largest absolute Gasteiger partial charge is 0.341 e. The molecule has 2 saturated heterocycles. The summed E-state index contributed by atoms with van der Waals surface area (Å²) in [6.07, 6.45) is 8.52. The molecule has 1 aromatic rings. The average Bonchev–Trinajstić information content (AvgIpc) is 3.17. The van der Waals surface area contributed by atoms with Crippen molar-refractivity contribution in [2.24, 2.45) is 5.92 Å². The number of likely N-dealkylation sites (tertiary alicyclic amines) is 1. The Morgan fingerprint density at radius 2 is 1.91 bits per heavy atom. The quantitative estimate of drug-likeness (QED) is 0.811. The van der Waals surface area contributed by atoms with Gasteiger partial charge < -0.3 is 4.90 Å². The standard InChI is InChI=1S/C15H25N5O2S/c1-23(21,22)18-10-13-4-7-19(11-13)12-14-8-16-15(17-9-14)20-5-2-3-6-20/h8-9,13,18H,2-7,10-12H2,1H3/t13-/m1/s1. The molecule has 8 heteroatoms. The van der Waals surface area contributed by atoms with E-state index in [2.05, 4.69) is 24.5 Å². The van der Waals surface area contributed by atoms with Crippen LogP contribution in [-0.4, -0.2) is 62.3 Å². The first-order valence-electron chi connectivity index (χ1n) is 8.22. The maximum Gasteiger partial charge on any atom is 0.225 e. The average molecular weight is 339 g/mol. The molecule has 2 aliphatic rings. The van der Waals surface area contributed by atoms with Gasteiger partial charge in [0.2, 0.25) is 16.0 Å². The molecule has 0 bridgehead atoms. The third-order valence-electron chi connectivity index (χ3n) is 4.49.